The topological polar surface area (TPSA) is 34.2 Å². The molecule has 0 radical (unpaired) electrons. The van der Waals surface area contributed by atoms with Crippen LogP contribution in [0.25, 0.3) is 10.9 Å². The Morgan fingerprint density at radius 1 is 0.750 bits per heavy atom. The van der Waals surface area contributed by atoms with E-state index >= 15 is 0 Å². The first-order valence-electron chi connectivity index (χ1n) is 9.81. The van der Waals surface area contributed by atoms with E-state index in [9.17, 15) is 0 Å². The molecule has 1 heterocycles. The molecule has 1 N–H and O–H groups in total. The highest BCUT2D eigenvalue weighted by Crippen LogP contribution is 2.35. The van der Waals surface area contributed by atoms with E-state index in [4.69, 9.17) is 9.47 Å². The molecule has 28 heavy (non-hydrogen) atoms. The van der Waals surface area contributed by atoms with Gasteiger partial charge in [-0.15, -0.1) is 0 Å². The van der Waals surface area contributed by atoms with Crippen LogP contribution in [0.2, 0.25) is 0 Å². The summed E-state index contributed by atoms with van der Waals surface area (Å²) in [6, 6.07) is 24.6. The molecule has 0 fully saturated rings. The number of H-pyrrole nitrogens is 1. The molecule has 0 unspecified atom stereocenters. The zero-order chi connectivity index (χ0) is 19.2. The molecule has 1 aromatic heterocycles. The molecule has 0 aliphatic heterocycles. The number of benzene rings is 3. The van der Waals surface area contributed by atoms with Crippen LogP contribution in [0, 0.1) is 0 Å². The summed E-state index contributed by atoms with van der Waals surface area (Å²) in [5.41, 5.74) is 4.67. The number of aromatic amines is 1. The predicted molar refractivity (Wildman–Crippen MR) is 114 cm³/mol. The third kappa shape index (κ3) is 4.20. The van der Waals surface area contributed by atoms with Gasteiger partial charge in [0.2, 0.25) is 0 Å². The van der Waals surface area contributed by atoms with Crippen molar-refractivity contribution < 1.29 is 9.47 Å². The van der Waals surface area contributed by atoms with Crippen molar-refractivity contribution in [3.8, 4) is 11.5 Å². The molecule has 4 aromatic rings. The number of aryl methyl sites for hydroxylation is 1. The molecule has 3 nitrogen and oxygen atoms in total. The normalized spacial score (nSPS) is 10.9. The SMILES string of the molecule is CCCc1c[nH]c2cc(OCc3ccccc3)c(OCc3ccccc3)cc12. The summed E-state index contributed by atoms with van der Waals surface area (Å²) in [4.78, 5) is 3.38. The second kappa shape index (κ2) is 8.66. The summed E-state index contributed by atoms with van der Waals surface area (Å²) < 4.78 is 12.3. The van der Waals surface area contributed by atoms with Crippen molar-refractivity contribution in [2.24, 2.45) is 0 Å². The largest absolute Gasteiger partial charge is 0.485 e. The summed E-state index contributed by atoms with van der Waals surface area (Å²) in [6.45, 7) is 3.22. The number of hydrogen-bond donors (Lipinski definition) is 1. The Morgan fingerprint density at radius 3 is 1.89 bits per heavy atom. The van der Waals surface area contributed by atoms with Crippen LogP contribution in [0.5, 0.6) is 11.5 Å². The van der Waals surface area contributed by atoms with Crippen molar-refractivity contribution in [3.63, 3.8) is 0 Å². The van der Waals surface area contributed by atoms with Gasteiger partial charge in [-0.25, -0.2) is 0 Å². The number of hydrogen-bond acceptors (Lipinski definition) is 2. The van der Waals surface area contributed by atoms with E-state index in [2.05, 4.69) is 54.5 Å². The van der Waals surface area contributed by atoms with E-state index in [1.807, 2.05) is 36.4 Å². The van der Waals surface area contributed by atoms with E-state index in [0.29, 0.717) is 13.2 Å². The van der Waals surface area contributed by atoms with Crippen molar-refractivity contribution in [2.45, 2.75) is 33.0 Å². The lowest BCUT2D eigenvalue weighted by Crippen LogP contribution is -2.00. The lowest BCUT2D eigenvalue weighted by atomic mass is 10.1. The fourth-order valence-corrected chi connectivity index (χ4v) is 3.36. The van der Waals surface area contributed by atoms with Gasteiger partial charge in [0.05, 0.1) is 0 Å². The standard InChI is InChI=1S/C25H25NO2/c1-2-9-21-16-26-23-15-25(28-18-20-12-7-4-8-13-20)24(14-22(21)23)27-17-19-10-5-3-6-11-19/h3-8,10-16,26H,2,9,17-18H2,1H3. The summed E-state index contributed by atoms with van der Waals surface area (Å²) in [5, 5.41) is 1.21. The number of nitrogens with one attached hydrogen (secondary N) is 1. The molecular formula is C25H25NO2. The second-order valence-corrected chi connectivity index (χ2v) is 6.96. The molecular weight excluding hydrogens is 346 g/mol. The van der Waals surface area contributed by atoms with Gasteiger partial charge in [0, 0.05) is 23.2 Å². The van der Waals surface area contributed by atoms with Crippen molar-refractivity contribution >= 4 is 10.9 Å². The van der Waals surface area contributed by atoms with Gasteiger partial charge in [-0.1, -0.05) is 74.0 Å². The van der Waals surface area contributed by atoms with Crippen molar-refractivity contribution in [1.29, 1.82) is 0 Å². The minimum Gasteiger partial charge on any atom is -0.485 e. The Kier molecular flexibility index (Phi) is 5.62. The third-order valence-corrected chi connectivity index (χ3v) is 4.83. The number of rotatable bonds is 8. The zero-order valence-electron chi connectivity index (χ0n) is 16.2. The van der Waals surface area contributed by atoms with Crippen LogP contribution >= 0.6 is 0 Å². The van der Waals surface area contributed by atoms with E-state index in [1.54, 1.807) is 0 Å². The fraction of sp³-hybridized carbons (Fsp3) is 0.200. The Labute approximate surface area is 165 Å². The van der Waals surface area contributed by atoms with E-state index in [1.165, 1.54) is 10.9 Å². The highest BCUT2D eigenvalue weighted by atomic mass is 16.5. The number of aromatic nitrogens is 1. The van der Waals surface area contributed by atoms with E-state index < -0.39 is 0 Å². The first kappa shape index (κ1) is 18.2. The molecule has 0 saturated carbocycles. The predicted octanol–water partition coefficient (Wildman–Crippen LogP) is 6.28. The molecule has 0 amide bonds. The summed E-state index contributed by atoms with van der Waals surface area (Å²) >= 11 is 0. The first-order valence-corrected chi connectivity index (χ1v) is 9.81. The van der Waals surface area contributed by atoms with Crippen molar-refractivity contribution in [3.05, 3.63) is 95.7 Å². The second-order valence-electron chi connectivity index (χ2n) is 6.96. The Bertz CT molecular complexity index is 1020. The molecule has 0 aliphatic rings. The van der Waals surface area contributed by atoms with Crippen LogP contribution in [0.1, 0.15) is 30.0 Å². The lowest BCUT2D eigenvalue weighted by Gasteiger charge is -2.14. The molecule has 4 rings (SSSR count). The zero-order valence-corrected chi connectivity index (χ0v) is 16.2. The number of ether oxygens (including phenoxy) is 2. The molecule has 3 aromatic carbocycles. The maximum Gasteiger partial charge on any atom is 0.163 e. The molecule has 0 aliphatic carbocycles. The summed E-state index contributed by atoms with van der Waals surface area (Å²) in [5.74, 6) is 1.54. The number of fused-ring (bicyclic) bond motifs is 1. The highest BCUT2D eigenvalue weighted by molar-refractivity contribution is 5.86. The minimum atomic E-state index is 0.510. The van der Waals surface area contributed by atoms with Gasteiger partial charge in [0.1, 0.15) is 13.2 Å². The van der Waals surface area contributed by atoms with Crippen molar-refractivity contribution in [2.75, 3.05) is 0 Å². The third-order valence-electron chi connectivity index (χ3n) is 4.83. The Morgan fingerprint density at radius 2 is 1.32 bits per heavy atom. The van der Waals surface area contributed by atoms with Crippen LogP contribution < -0.4 is 9.47 Å². The van der Waals surface area contributed by atoms with Gasteiger partial charge in [0.25, 0.3) is 0 Å². The maximum atomic E-state index is 6.18. The lowest BCUT2D eigenvalue weighted by molar-refractivity contribution is 0.256. The average molecular weight is 371 g/mol. The van der Waals surface area contributed by atoms with Crippen LogP contribution in [-0.2, 0) is 19.6 Å². The van der Waals surface area contributed by atoms with Crippen LogP contribution in [0.15, 0.2) is 79.0 Å². The van der Waals surface area contributed by atoms with Gasteiger partial charge >= 0.3 is 0 Å². The highest BCUT2D eigenvalue weighted by Gasteiger charge is 2.12. The van der Waals surface area contributed by atoms with Gasteiger partial charge in [0.15, 0.2) is 11.5 Å². The molecule has 0 bridgehead atoms. The summed E-state index contributed by atoms with van der Waals surface area (Å²) in [7, 11) is 0. The molecule has 0 atom stereocenters. The van der Waals surface area contributed by atoms with Gasteiger partial charge < -0.3 is 14.5 Å². The van der Waals surface area contributed by atoms with Gasteiger partial charge in [-0.2, -0.15) is 0 Å². The molecule has 142 valence electrons. The minimum absolute atomic E-state index is 0.510. The van der Waals surface area contributed by atoms with E-state index in [-0.39, 0.29) is 0 Å². The monoisotopic (exact) mass is 371 g/mol. The van der Waals surface area contributed by atoms with Gasteiger partial charge in [-0.3, -0.25) is 0 Å². The molecule has 0 saturated heterocycles. The summed E-state index contributed by atoms with van der Waals surface area (Å²) in [6.07, 6.45) is 4.25. The first-order chi connectivity index (χ1) is 13.8. The molecule has 0 spiro atoms. The Balaban J connectivity index is 1.62. The fourth-order valence-electron chi connectivity index (χ4n) is 3.36. The van der Waals surface area contributed by atoms with Crippen LogP contribution in [0.3, 0.4) is 0 Å². The smallest absolute Gasteiger partial charge is 0.163 e. The quantitative estimate of drug-likeness (QED) is 0.395. The average Bonchev–Trinajstić information content (AvgIpc) is 3.14. The van der Waals surface area contributed by atoms with Crippen LogP contribution in [-0.4, -0.2) is 4.98 Å². The van der Waals surface area contributed by atoms with E-state index in [0.717, 1.165) is 41.0 Å². The maximum absolute atomic E-state index is 6.18. The van der Waals surface area contributed by atoms with Gasteiger partial charge in [-0.05, 0) is 29.2 Å². The molecule has 3 heteroatoms. The Hall–Kier alpha value is -3.20. The van der Waals surface area contributed by atoms with Crippen LogP contribution in [0.4, 0.5) is 0 Å². The van der Waals surface area contributed by atoms with Crippen molar-refractivity contribution in [1.82, 2.24) is 4.98 Å².